The van der Waals surface area contributed by atoms with E-state index in [0.717, 1.165) is 11.2 Å². The lowest BCUT2D eigenvalue weighted by molar-refractivity contribution is 0.673. The SMILES string of the molecule is Cn1c2ccccc2c2c3oc4cc5c(cc4c3ccc21)sc1ccccc15. The normalized spacial score (nSPS) is 12.5. The van der Waals surface area contributed by atoms with Gasteiger partial charge in [0, 0.05) is 48.9 Å². The van der Waals surface area contributed by atoms with Crippen LogP contribution >= 0.6 is 11.3 Å². The lowest BCUT2D eigenvalue weighted by atomic mass is 10.1. The van der Waals surface area contributed by atoms with Gasteiger partial charge in [-0.15, -0.1) is 11.3 Å². The first-order chi connectivity index (χ1) is 13.8. The molecule has 0 aliphatic heterocycles. The quantitative estimate of drug-likeness (QED) is 0.266. The van der Waals surface area contributed by atoms with Crippen LogP contribution in [0.5, 0.6) is 0 Å². The van der Waals surface area contributed by atoms with E-state index in [9.17, 15) is 0 Å². The summed E-state index contributed by atoms with van der Waals surface area (Å²) in [5.74, 6) is 0. The van der Waals surface area contributed by atoms with E-state index in [4.69, 9.17) is 4.42 Å². The maximum absolute atomic E-state index is 6.50. The molecule has 0 saturated heterocycles. The van der Waals surface area contributed by atoms with E-state index in [1.165, 1.54) is 52.8 Å². The van der Waals surface area contributed by atoms with Gasteiger partial charge in [-0.2, -0.15) is 0 Å². The molecule has 28 heavy (non-hydrogen) atoms. The van der Waals surface area contributed by atoms with Crippen molar-refractivity contribution in [2.45, 2.75) is 0 Å². The van der Waals surface area contributed by atoms with Crippen LogP contribution in [0.3, 0.4) is 0 Å². The van der Waals surface area contributed by atoms with E-state index < -0.39 is 0 Å². The number of furan rings is 1. The monoisotopic (exact) mass is 377 g/mol. The Labute approximate surface area is 164 Å². The van der Waals surface area contributed by atoms with Crippen LogP contribution in [0.1, 0.15) is 0 Å². The first kappa shape index (κ1) is 14.7. The van der Waals surface area contributed by atoms with E-state index in [1.54, 1.807) is 0 Å². The molecule has 132 valence electrons. The molecule has 0 amide bonds. The van der Waals surface area contributed by atoms with Crippen molar-refractivity contribution in [3.63, 3.8) is 0 Å². The molecule has 4 aromatic carbocycles. The predicted octanol–water partition coefficient (Wildman–Crippen LogP) is 7.60. The molecule has 0 bridgehead atoms. The van der Waals surface area contributed by atoms with Crippen molar-refractivity contribution < 1.29 is 4.42 Å². The van der Waals surface area contributed by atoms with Crippen molar-refractivity contribution in [1.82, 2.24) is 4.57 Å². The van der Waals surface area contributed by atoms with E-state index in [1.807, 2.05) is 11.3 Å². The third-order valence-electron chi connectivity index (χ3n) is 6.01. The molecule has 7 aromatic rings. The zero-order valence-electron chi connectivity index (χ0n) is 15.2. The molecule has 0 fully saturated rings. The van der Waals surface area contributed by atoms with Gasteiger partial charge in [0.2, 0.25) is 0 Å². The summed E-state index contributed by atoms with van der Waals surface area (Å²) in [6, 6.07) is 26.1. The number of para-hydroxylation sites is 1. The average Bonchev–Trinajstić information content (AvgIpc) is 3.36. The lowest BCUT2D eigenvalue weighted by Gasteiger charge is -1.97. The van der Waals surface area contributed by atoms with Gasteiger partial charge in [0.25, 0.3) is 0 Å². The van der Waals surface area contributed by atoms with Crippen LogP contribution < -0.4 is 0 Å². The number of hydrogen-bond donors (Lipinski definition) is 0. The van der Waals surface area contributed by atoms with Crippen molar-refractivity contribution in [3.8, 4) is 0 Å². The molecule has 3 aromatic heterocycles. The van der Waals surface area contributed by atoms with Gasteiger partial charge in [0.05, 0.1) is 10.9 Å². The van der Waals surface area contributed by atoms with Gasteiger partial charge in [-0.3, -0.25) is 0 Å². The van der Waals surface area contributed by atoms with Gasteiger partial charge >= 0.3 is 0 Å². The smallest absolute Gasteiger partial charge is 0.145 e. The second-order valence-corrected chi connectivity index (χ2v) is 8.54. The van der Waals surface area contributed by atoms with Crippen molar-refractivity contribution in [3.05, 3.63) is 72.8 Å². The Kier molecular flexibility index (Phi) is 2.60. The standard InChI is InChI=1S/C25H15NOS/c1-26-19-8-4-2-7-16(19)24-20(26)11-10-15-17-13-23-18(12-21(17)27-25(15)24)14-6-3-5-9-22(14)28-23/h2-13H,1H3. The summed E-state index contributed by atoms with van der Waals surface area (Å²) in [7, 11) is 2.13. The number of aryl methyl sites for hydroxylation is 1. The number of nitrogens with zero attached hydrogens (tertiary/aromatic N) is 1. The topological polar surface area (TPSA) is 18.1 Å². The van der Waals surface area contributed by atoms with Crippen molar-refractivity contribution in [1.29, 1.82) is 0 Å². The van der Waals surface area contributed by atoms with Gasteiger partial charge in [0.1, 0.15) is 11.2 Å². The summed E-state index contributed by atoms with van der Waals surface area (Å²) in [5.41, 5.74) is 4.40. The molecule has 0 atom stereocenters. The minimum Gasteiger partial charge on any atom is -0.455 e. The average molecular weight is 377 g/mol. The first-order valence-electron chi connectivity index (χ1n) is 9.43. The summed E-state index contributed by atoms with van der Waals surface area (Å²) in [4.78, 5) is 0. The highest BCUT2D eigenvalue weighted by atomic mass is 32.1. The third-order valence-corrected chi connectivity index (χ3v) is 7.15. The highest BCUT2D eigenvalue weighted by Crippen LogP contribution is 2.42. The van der Waals surface area contributed by atoms with Crippen LogP contribution in [-0.2, 0) is 7.05 Å². The minimum atomic E-state index is 0.964. The largest absolute Gasteiger partial charge is 0.455 e. The maximum atomic E-state index is 6.50. The van der Waals surface area contributed by atoms with Crippen LogP contribution in [0, 0.1) is 0 Å². The molecule has 0 N–H and O–H groups in total. The number of thiophene rings is 1. The number of aromatic nitrogens is 1. The fraction of sp³-hybridized carbons (Fsp3) is 0.0400. The molecule has 7 rings (SSSR count). The summed E-state index contributed by atoms with van der Waals surface area (Å²) >= 11 is 1.85. The van der Waals surface area contributed by atoms with E-state index >= 15 is 0 Å². The Bertz CT molecular complexity index is 1730. The van der Waals surface area contributed by atoms with Crippen LogP contribution in [0.4, 0.5) is 0 Å². The number of benzene rings is 4. The van der Waals surface area contributed by atoms with Gasteiger partial charge in [-0.25, -0.2) is 0 Å². The fourth-order valence-corrected chi connectivity index (χ4v) is 5.82. The predicted molar refractivity (Wildman–Crippen MR) is 121 cm³/mol. The number of hydrogen-bond acceptors (Lipinski definition) is 2. The highest BCUT2D eigenvalue weighted by molar-refractivity contribution is 7.25. The summed E-state index contributed by atoms with van der Waals surface area (Å²) in [6.45, 7) is 0. The molecule has 0 radical (unpaired) electrons. The van der Waals surface area contributed by atoms with Gasteiger partial charge in [0.15, 0.2) is 0 Å². The first-order valence-corrected chi connectivity index (χ1v) is 10.2. The molecule has 2 nitrogen and oxygen atoms in total. The Balaban J connectivity index is 1.71. The molecular weight excluding hydrogens is 362 g/mol. The number of rotatable bonds is 0. The zero-order valence-corrected chi connectivity index (χ0v) is 16.0. The molecule has 0 aliphatic carbocycles. The summed E-state index contributed by atoms with van der Waals surface area (Å²) in [5, 5.41) is 7.43. The Morgan fingerprint density at radius 3 is 2.43 bits per heavy atom. The van der Waals surface area contributed by atoms with Gasteiger partial charge in [-0.1, -0.05) is 36.4 Å². The summed E-state index contributed by atoms with van der Waals surface area (Å²) < 4.78 is 11.4. The van der Waals surface area contributed by atoms with Crippen molar-refractivity contribution in [2.75, 3.05) is 0 Å². The third kappa shape index (κ3) is 1.68. The lowest BCUT2D eigenvalue weighted by Crippen LogP contribution is -1.85. The molecule has 0 unspecified atom stereocenters. The zero-order chi connectivity index (χ0) is 18.4. The van der Waals surface area contributed by atoms with Crippen molar-refractivity contribution >= 4 is 75.3 Å². The van der Waals surface area contributed by atoms with E-state index in [-0.39, 0.29) is 0 Å². The Morgan fingerprint density at radius 2 is 1.50 bits per heavy atom. The molecule has 0 spiro atoms. The van der Waals surface area contributed by atoms with Gasteiger partial charge < -0.3 is 8.98 Å². The molecule has 0 aliphatic rings. The van der Waals surface area contributed by atoms with Crippen LogP contribution in [0.15, 0.2) is 77.2 Å². The fourth-order valence-electron chi connectivity index (χ4n) is 4.69. The van der Waals surface area contributed by atoms with Crippen LogP contribution in [0.2, 0.25) is 0 Å². The summed E-state index contributed by atoms with van der Waals surface area (Å²) in [6.07, 6.45) is 0. The molecule has 3 heterocycles. The Morgan fingerprint density at radius 1 is 0.679 bits per heavy atom. The minimum absolute atomic E-state index is 0.964. The molecule has 3 heteroatoms. The van der Waals surface area contributed by atoms with E-state index in [0.29, 0.717) is 0 Å². The van der Waals surface area contributed by atoms with E-state index in [2.05, 4.69) is 84.4 Å². The van der Waals surface area contributed by atoms with Crippen LogP contribution in [-0.4, -0.2) is 4.57 Å². The Hall–Kier alpha value is -3.30. The highest BCUT2D eigenvalue weighted by Gasteiger charge is 2.17. The molecular formula is C25H15NOS. The second-order valence-electron chi connectivity index (χ2n) is 7.46. The van der Waals surface area contributed by atoms with Crippen LogP contribution in [0.25, 0.3) is 63.9 Å². The van der Waals surface area contributed by atoms with Gasteiger partial charge in [-0.05, 0) is 36.4 Å². The maximum Gasteiger partial charge on any atom is 0.145 e. The second kappa shape index (κ2) is 4.94. The van der Waals surface area contributed by atoms with Crippen molar-refractivity contribution in [2.24, 2.45) is 7.05 Å². The number of fused-ring (bicyclic) bond motifs is 10. The molecule has 0 saturated carbocycles.